The van der Waals surface area contributed by atoms with Crippen LogP contribution in [0.4, 0.5) is 0 Å². The summed E-state index contributed by atoms with van der Waals surface area (Å²) in [4.78, 5) is 0. The Labute approximate surface area is 103 Å². The predicted molar refractivity (Wildman–Crippen MR) is 63.1 cm³/mol. The van der Waals surface area contributed by atoms with Crippen LogP contribution in [0.1, 0.15) is 26.7 Å². The van der Waals surface area contributed by atoms with E-state index in [0.717, 1.165) is 12.8 Å². The molecule has 5 nitrogen and oxygen atoms in total. The zero-order chi connectivity index (χ0) is 13.3. The smallest absolute Gasteiger partial charge is 0.157 e. The molecule has 0 aromatic heterocycles. The molecule has 1 rings (SSSR count). The first-order chi connectivity index (χ1) is 7.86. The maximum atomic E-state index is 8.08. The van der Waals surface area contributed by atoms with Crippen LogP contribution in [0.5, 0.6) is 0 Å². The fourth-order valence-electron chi connectivity index (χ4n) is 1.22. The molecule has 100 valence electrons. The van der Waals surface area contributed by atoms with Crippen molar-refractivity contribution in [2.75, 3.05) is 20.3 Å². The van der Waals surface area contributed by atoms with E-state index in [1.165, 1.54) is 13.8 Å². The van der Waals surface area contributed by atoms with Crippen LogP contribution in [0, 0.1) is 12.3 Å². The van der Waals surface area contributed by atoms with Crippen LogP contribution in [0.2, 0.25) is 0 Å². The molecule has 0 aromatic carbocycles. The van der Waals surface area contributed by atoms with Crippen LogP contribution in [0.3, 0.4) is 0 Å². The molecule has 0 saturated carbocycles. The van der Waals surface area contributed by atoms with Gasteiger partial charge in [-0.25, -0.2) is 0 Å². The lowest BCUT2D eigenvalue weighted by molar-refractivity contribution is -0.127. The van der Waals surface area contributed by atoms with Crippen LogP contribution < -0.4 is 0 Å². The number of terminal acetylenes is 1. The molecule has 0 bridgehead atoms. The molecule has 0 aromatic rings. The molecule has 1 fully saturated rings. The Balaban J connectivity index is 0.000000437. The van der Waals surface area contributed by atoms with Crippen molar-refractivity contribution < 1.29 is 24.4 Å². The second-order valence-corrected chi connectivity index (χ2v) is 4.21. The van der Waals surface area contributed by atoms with Gasteiger partial charge in [-0.15, -0.1) is 6.42 Å². The summed E-state index contributed by atoms with van der Waals surface area (Å²) in [6.45, 7) is 3.53. The molecular formula is C12H22O5. The fraction of sp³-hybridized carbons (Fsp3) is 0.833. The highest BCUT2D eigenvalue weighted by Crippen LogP contribution is 2.19. The largest absolute Gasteiger partial charge is 0.366 e. The van der Waals surface area contributed by atoms with E-state index in [1.807, 2.05) is 0 Å². The summed E-state index contributed by atoms with van der Waals surface area (Å²) >= 11 is 0. The standard InChI is InChI=1S/C9H14O3.C3H8O2/c1-3-6-11-7-8-4-5-9(10-2)12-8;1-3(2,4)5/h1,8-9H,4-7H2,2H3;4-5H,1-2H3. The summed E-state index contributed by atoms with van der Waals surface area (Å²) in [5.74, 6) is 0.908. The third-order valence-corrected chi connectivity index (χ3v) is 1.82. The molecule has 1 heterocycles. The van der Waals surface area contributed by atoms with Gasteiger partial charge in [0, 0.05) is 13.5 Å². The average Bonchev–Trinajstić information content (AvgIpc) is 2.64. The number of hydrogen-bond donors (Lipinski definition) is 2. The molecule has 0 radical (unpaired) electrons. The van der Waals surface area contributed by atoms with Gasteiger partial charge >= 0.3 is 0 Å². The second-order valence-electron chi connectivity index (χ2n) is 4.21. The third kappa shape index (κ3) is 11.6. The van der Waals surface area contributed by atoms with E-state index in [4.69, 9.17) is 30.8 Å². The molecule has 2 N–H and O–H groups in total. The number of methoxy groups -OCH3 is 1. The molecule has 0 spiro atoms. The van der Waals surface area contributed by atoms with Crippen molar-refractivity contribution in [3.05, 3.63) is 0 Å². The Bertz CT molecular complexity index is 222. The quantitative estimate of drug-likeness (QED) is 0.429. The summed E-state index contributed by atoms with van der Waals surface area (Å²) in [6, 6.07) is 0. The predicted octanol–water partition coefficient (Wildman–Crippen LogP) is 0.495. The van der Waals surface area contributed by atoms with Crippen LogP contribution >= 0.6 is 0 Å². The van der Waals surface area contributed by atoms with Crippen molar-refractivity contribution >= 4 is 0 Å². The molecule has 2 atom stereocenters. The molecule has 17 heavy (non-hydrogen) atoms. The Morgan fingerprint density at radius 2 is 2.00 bits per heavy atom. The van der Waals surface area contributed by atoms with Gasteiger partial charge in [-0.3, -0.25) is 0 Å². The first-order valence-electron chi connectivity index (χ1n) is 5.51. The molecule has 2 unspecified atom stereocenters. The Kier molecular flexibility index (Phi) is 8.13. The number of ether oxygens (including phenoxy) is 3. The summed E-state index contributed by atoms with van der Waals surface area (Å²) in [7, 11) is 1.65. The van der Waals surface area contributed by atoms with Gasteiger partial charge in [0.1, 0.15) is 6.61 Å². The monoisotopic (exact) mass is 246 g/mol. The first-order valence-corrected chi connectivity index (χ1v) is 5.51. The maximum Gasteiger partial charge on any atom is 0.157 e. The maximum absolute atomic E-state index is 8.08. The lowest BCUT2D eigenvalue weighted by atomic mass is 10.2. The minimum absolute atomic E-state index is 0.0514. The van der Waals surface area contributed by atoms with Gasteiger partial charge in [0.2, 0.25) is 0 Å². The number of hydrogen-bond acceptors (Lipinski definition) is 5. The van der Waals surface area contributed by atoms with Crippen LogP contribution in [0.15, 0.2) is 0 Å². The van der Waals surface area contributed by atoms with Gasteiger partial charge in [0.25, 0.3) is 0 Å². The van der Waals surface area contributed by atoms with E-state index >= 15 is 0 Å². The third-order valence-electron chi connectivity index (χ3n) is 1.82. The zero-order valence-electron chi connectivity index (χ0n) is 10.7. The highest BCUT2D eigenvalue weighted by molar-refractivity contribution is 4.83. The molecular weight excluding hydrogens is 224 g/mol. The van der Waals surface area contributed by atoms with E-state index in [-0.39, 0.29) is 12.4 Å². The Morgan fingerprint density at radius 3 is 2.41 bits per heavy atom. The van der Waals surface area contributed by atoms with E-state index in [9.17, 15) is 0 Å². The minimum atomic E-state index is -1.50. The van der Waals surface area contributed by atoms with Crippen LogP contribution in [-0.4, -0.2) is 48.7 Å². The molecule has 1 saturated heterocycles. The van der Waals surface area contributed by atoms with Crippen LogP contribution in [-0.2, 0) is 14.2 Å². The second kappa shape index (κ2) is 8.45. The van der Waals surface area contributed by atoms with Gasteiger partial charge in [-0.2, -0.15) is 0 Å². The lowest BCUT2D eigenvalue weighted by Gasteiger charge is -2.11. The fourth-order valence-corrected chi connectivity index (χ4v) is 1.22. The van der Waals surface area contributed by atoms with E-state index in [0.29, 0.717) is 13.2 Å². The zero-order valence-corrected chi connectivity index (χ0v) is 10.7. The molecule has 0 amide bonds. The SMILES string of the molecule is C#CCOCC1CCC(OC)O1.CC(C)(O)O. The summed E-state index contributed by atoms with van der Waals surface area (Å²) in [5, 5.41) is 16.2. The summed E-state index contributed by atoms with van der Waals surface area (Å²) < 4.78 is 15.6. The van der Waals surface area contributed by atoms with E-state index < -0.39 is 5.79 Å². The van der Waals surface area contributed by atoms with E-state index in [2.05, 4.69) is 5.92 Å². The highest BCUT2D eigenvalue weighted by Gasteiger charge is 2.24. The van der Waals surface area contributed by atoms with Gasteiger partial charge in [-0.1, -0.05) is 5.92 Å². The number of aliphatic hydroxyl groups is 2. The average molecular weight is 246 g/mol. The van der Waals surface area contributed by atoms with Gasteiger partial charge in [0.15, 0.2) is 12.1 Å². The van der Waals surface area contributed by atoms with Gasteiger partial charge in [0.05, 0.1) is 12.7 Å². The van der Waals surface area contributed by atoms with Crippen molar-refractivity contribution in [1.29, 1.82) is 0 Å². The summed E-state index contributed by atoms with van der Waals surface area (Å²) in [6.07, 6.45) is 7.06. The van der Waals surface area contributed by atoms with Gasteiger partial charge < -0.3 is 24.4 Å². The van der Waals surface area contributed by atoms with Crippen molar-refractivity contribution in [3.8, 4) is 12.3 Å². The Hall–Kier alpha value is -0.640. The van der Waals surface area contributed by atoms with Gasteiger partial charge in [-0.05, 0) is 20.3 Å². The minimum Gasteiger partial charge on any atom is -0.366 e. The lowest BCUT2D eigenvalue weighted by Crippen LogP contribution is -2.17. The highest BCUT2D eigenvalue weighted by atomic mass is 16.7. The van der Waals surface area contributed by atoms with Crippen LogP contribution in [0.25, 0.3) is 0 Å². The van der Waals surface area contributed by atoms with Crippen molar-refractivity contribution in [2.24, 2.45) is 0 Å². The number of rotatable bonds is 4. The Morgan fingerprint density at radius 1 is 1.41 bits per heavy atom. The first kappa shape index (κ1) is 16.4. The topological polar surface area (TPSA) is 68.2 Å². The van der Waals surface area contributed by atoms with E-state index in [1.54, 1.807) is 7.11 Å². The molecule has 5 heteroatoms. The normalized spacial score (nSPS) is 23.8. The summed E-state index contributed by atoms with van der Waals surface area (Å²) in [5.41, 5.74) is 0. The molecule has 1 aliphatic rings. The van der Waals surface area contributed by atoms with Crippen molar-refractivity contribution in [1.82, 2.24) is 0 Å². The van der Waals surface area contributed by atoms with Crippen molar-refractivity contribution in [2.45, 2.75) is 44.9 Å². The molecule has 1 aliphatic heterocycles. The molecule has 0 aliphatic carbocycles. The van der Waals surface area contributed by atoms with Crippen molar-refractivity contribution in [3.63, 3.8) is 0 Å².